The van der Waals surface area contributed by atoms with Gasteiger partial charge in [-0.3, -0.25) is 14.2 Å². The minimum Gasteiger partial charge on any atom is -0.485 e. The molecular formula is C26H28N6O3. The number of carbonyl (C=O) groups is 1. The number of rotatable bonds is 4. The Labute approximate surface area is 202 Å². The Morgan fingerprint density at radius 2 is 2.09 bits per heavy atom. The van der Waals surface area contributed by atoms with Crippen LogP contribution in [-0.2, 0) is 0 Å². The van der Waals surface area contributed by atoms with Gasteiger partial charge in [-0.2, -0.15) is 4.98 Å². The van der Waals surface area contributed by atoms with Crippen LogP contribution in [-0.4, -0.2) is 40.0 Å². The third-order valence-corrected chi connectivity index (χ3v) is 7.23. The van der Waals surface area contributed by atoms with E-state index < -0.39 is 0 Å². The number of pyridine rings is 1. The average molecular weight is 473 g/mol. The molecule has 1 aromatic carbocycles. The molecule has 0 atom stereocenters. The molecule has 3 aliphatic rings. The molecule has 0 spiro atoms. The smallest absolute Gasteiger partial charge is 0.263 e. The van der Waals surface area contributed by atoms with Crippen LogP contribution in [0.1, 0.15) is 54.6 Å². The number of benzene rings is 1. The maximum absolute atomic E-state index is 13.4. The lowest BCUT2D eigenvalue weighted by molar-refractivity contribution is 0.101. The van der Waals surface area contributed by atoms with Crippen molar-refractivity contribution in [2.75, 3.05) is 29.9 Å². The molecule has 2 aliphatic heterocycles. The lowest BCUT2D eigenvalue weighted by Crippen LogP contribution is -2.40. The van der Waals surface area contributed by atoms with Crippen LogP contribution in [0.3, 0.4) is 0 Å². The first-order valence-electron chi connectivity index (χ1n) is 12.2. The molecule has 0 unspecified atom stereocenters. The molecule has 9 heteroatoms. The monoisotopic (exact) mass is 472 g/mol. The van der Waals surface area contributed by atoms with Crippen LogP contribution in [0.5, 0.6) is 5.75 Å². The zero-order valence-electron chi connectivity index (χ0n) is 19.9. The number of ketones is 1. The molecule has 1 aliphatic carbocycles. The Morgan fingerprint density at radius 3 is 2.89 bits per heavy atom. The zero-order chi connectivity index (χ0) is 24.1. The molecule has 1 saturated carbocycles. The molecule has 0 amide bonds. The van der Waals surface area contributed by atoms with E-state index in [-0.39, 0.29) is 22.9 Å². The first-order chi connectivity index (χ1) is 17.0. The van der Waals surface area contributed by atoms with Crippen molar-refractivity contribution < 1.29 is 9.53 Å². The van der Waals surface area contributed by atoms with E-state index in [0.717, 1.165) is 67.0 Å². The summed E-state index contributed by atoms with van der Waals surface area (Å²) in [5.41, 5.74) is 4.16. The number of aryl methyl sites for hydroxylation is 1. The number of nitrogens with one attached hydrogen (secondary N) is 2. The summed E-state index contributed by atoms with van der Waals surface area (Å²) in [6.45, 7) is 5.55. The predicted octanol–water partition coefficient (Wildman–Crippen LogP) is 3.80. The maximum atomic E-state index is 13.4. The van der Waals surface area contributed by atoms with Crippen molar-refractivity contribution in [3.8, 4) is 5.75 Å². The number of fused-ring (bicyclic) bond motifs is 4. The van der Waals surface area contributed by atoms with Crippen molar-refractivity contribution in [3.63, 3.8) is 0 Å². The Hall–Kier alpha value is -3.88. The Morgan fingerprint density at radius 1 is 1.26 bits per heavy atom. The van der Waals surface area contributed by atoms with Gasteiger partial charge in [0.15, 0.2) is 5.78 Å². The van der Waals surface area contributed by atoms with Crippen molar-refractivity contribution in [1.29, 1.82) is 0 Å². The summed E-state index contributed by atoms with van der Waals surface area (Å²) in [7, 11) is 0. The number of Topliss-reactive ketones (excluding diaryl/α,β-unsaturated/α-hetero) is 1. The molecule has 6 rings (SSSR count). The van der Waals surface area contributed by atoms with Crippen LogP contribution in [0, 0.1) is 6.92 Å². The van der Waals surface area contributed by atoms with Gasteiger partial charge >= 0.3 is 0 Å². The highest BCUT2D eigenvalue weighted by molar-refractivity contribution is 5.99. The van der Waals surface area contributed by atoms with Crippen LogP contribution in [0.2, 0.25) is 0 Å². The zero-order valence-corrected chi connectivity index (χ0v) is 19.9. The van der Waals surface area contributed by atoms with Gasteiger partial charge in [-0.25, -0.2) is 4.98 Å². The van der Waals surface area contributed by atoms with Gasteiger partial charge in [0.05, 0.1) is 16.9 Å². The Balaban J connectivity index is 1.40. The molecule has 3 aromatic rings. The van der Waals surface area contributed by atoms with E-state index in [0.29, 0.717) is 23.8 Å². The van der Waals surface area contributed by atoms with Crippen LogP contribution in [0.15, 0.2) is 41.1 Å². The summed E-state index contributed by atoms with van der Waals surface area (Å²) in [6, 6.07) is 6.02. The fraction of sp³-hybridized carbons (Fsp3) is 0.385. The number of hydrogen-bond donors (Lipinski definition) is 2. The van der Waals surface area contributed by atoms with Crippen molar-refractivity contribution >= 4 is 34.1 Å². The number of nitrogens with zero attached hydrogens (tertiary/aromatic N) is 4. The first kappa shape index (κ1) is 21.6. The summed E-state index contributed by atoms with van der Waals surface area (Å²) in [6.07, 6.45) is 7.67. The lowest BCUT2D eigenvalue weighted by atomic mass is 10.0. The van der Waals surface area contributed by atoms with E-state index in [2.05, 4.69) is 20.5 Å². The molecule has 2 N–H and O–H groups in total. The topological polar surface area (TPSA) is 101 Å². The van der Waals surface area contributed by atoms with Crippen LogP contribution in [0.4, 0.5) is 17.3 Å². The predicted molar refractivity (Wildman–Crippen MR) is 135 cm³/mol. The van der Waals surface area contributed by atoms with Crippen LogP contribution in [0.25, 0.3) is 11.0 Å². The van der Waals surface area contributed by atoms with E-state index >= 15 is 0 Å². The fourth-order valence-corrected chi connectivity index (χ4v) is 5.50. The molecule has 180 valence electrons. The van der Waals surface area contributed by atoms with Gasteiger partial charge in [0.2, 0.25) is 5.95 Å². The number of anilines is 3. The minimum atomic E-state index is -0.249. The van der Waals surface area contributed by atoms with Gasteiger partial charge in [-0.1, -0.05) is 12.8 Å². The van der Waals surface area contributed by atoms with E-state index in [1.807, 2.05) is 24.4 Å². The molecular weight excluding hydrogens is 444 g/mol. The van der Waals surface area contributed by atoms with Crippen LogP contribution < -0.4 is 25.8 Å². The molecule has 0 saturated heterocycles. The second kappa shape index (κ2) is 8.41. The largest absolute Gasteiger partial charge is 0.485 e. The quantitative estimate of drug-likeness (QED) is 0.553. The van der Waals surface area contributed by atoms with Crippen molar-refractivity contribution in [2.45, 2.75) is 45.6 Å². The highest BCUT2D eigenvalue weighted by atomic mass is 16.5. The number of carbonyl (C=O) groups excluding carboxylic acids is 1. The van der Waals surface area contributed by atoms with Gasteiger partial charge in [0, 0.05) is 48.7 Å². The SMILES string of the molecule is CC(=O)c1c(C)c2cnc(Nc3ccc4c(c3)OCC3=CNCCN34)nc2n(C2CCCC2)c1=O. The van der Waals surface area contributed by atoms with Crippen LogP contribution >= 0.6 is 0 Å². The average Bonchev–Trinajstić information content (AvgIpc) is 3.38. The van der Waals surface area contributed by atoms with Gasteiger partial charge < -0.3 is 20.3 Å². The molecule has 1 fully saturated rings. The molecule has 9 nitrogen and oxygen atoms in total. The second-order valence-electron chi connectivity index (χ2n) is 9.44. The lowest BCUT2D eigenvalue weighted by Gasteiger charge is -2.36. The van der Waals surface area contributed by atoms with Crippen molar-refractivity contribution in [3.05, 3.63) is 57.8 Å². The molecule has 2 aromatic heterocycles. The number of hydrogen-bond acceptors (Lipinski definition) is 8. The summed E-state index contributed by atoms with van der Waals surface area (Å²) >= 11 is 0. The van der Waals surface area contributed by atoms with Crippen molar-refractivity contribution in [2.24, 2.45) is 0 Å². The standard InChI is InChI=1S/C26H28N6O3/c1-15-20-13-28-26(30-24(20)32(18-5-3-4-6-18)25(34)23(15)16(2)33)29-17-7-8-21-22(11-17)35-14-19-12-27-9-10-31(19)21/h7-8,11-13,18,27H,3-6,9-10,14H2,1-2H3,(H,28,29,30). The van der Waals surface area contributed by atoms with E-state index in [4.69, 9.17) is 9.72 Å². The van der Waals surface area contributed by atoms with Gasteiger partial charge in [-0.05, 0) is 44.4 Å². The molecule has 0 radical (unpaired) electrons. The number of aromatic nitrogens is 3. The molecule has 35 heavy (non-hydrogen) atoms. The highest BCUT2D eigenvalue weighted by Gasteiger charge is 2.27. The van der Waals surface area contributed by atoms with E-state index in [1.54, 1.807) is 17.7 Å². The first-order valence-corrected chi connectivity index (χ1v) is 12.2. The van der Waals surface area contributed by atoms with Gasteiger partial charge in [0.25, 0.3) is 5.56 Å². The van der Waals surface area contributed by atoms with E-state index in [9.17, 15) is 9.59 Å². The van der Waals surface area contributed by atoms with Gasteiger partial charge in [0.1, 0.15) is 18.0 Å². The minimum absolute atomic E-state index is 0.0462. The highest BCUT2D eigenvalue weighted by Crippen LogP contribution is 2.38. The Bertz CT molecular complexity index is 1440. The summed E-state index contributed by atoms with van der Waals surface area (Å²) in [4.78, 5) is 37.3. The Kier molecular flexibility index (Phi) is 5.20. The summed E-state index contributed by atoms with van der Waals surface area (Å²) in [5.74, 6) is 0.983. The number of ether oxygens (including phenoxy) is 1. The maximum Gasteiger partial charge on any atom is 0.263 e. The summed E-state index contributed by atoms with van der Waals surface area (Å²) in [5, 5.41) is 7.28. The molecule has 4 heterocycles. The van der Waals surface area contributed by atoms with E-state index in [1.165, 1.54) is 6.92 Å². The molecule has 0 bridgehead atoms. The third kappa shape index (κ3) is 3.62. The second-order valence-corrected chi connectivity index (χ2v) is 9.44. The normalized spacial score (nSPS) is 17.3. The fourth-order valence-electron chi connectivity index (χ4n) is 5.50. The third-order valence-electron chi connectivity index (χ3n) is 7.23. The van der Waals surface area contributed by atoms with Gasteiger partial charge in [-0.15, -0.1) is 0 Å². The summed E-state index contributed by atoms with van der Waals surface area (Å²) < 4.78 is 7.72. The van der Waals surface area contributed by atoms with Crippen molar-refractivity contribution in [1.82, 2.24) is 19.9 Å².